The van der Waals surface area contributed by atoms with Crippen LogP contribution < -0.4 is 5.32 Å². The molecule has 0 spiro atoms. The van der Waals surface area contributed by atoms with Crippen molar-refractivity contribution in [2.75, 3.05) is 19.6 Å². The largest absolute Gasteiger partial charge is 0.311 e. The predicted octanol–water partition coefficient (Wildman–Crippen LogP) is 2.89. The van der Waals surface area contributed by atoms with Gasteiger partial charge in [0.25, 0.3) is 0 Å². The molecule has 2 unspecified atom stereocenters. The number of unbranched alkanes of at least 4 members (excludes halogenated alkanes) is 2. The van der Waals surface area contributed by atoms with Crippen LogP contribution in [0.1, 0.15) is 53.4 Å². The number of nitrogens with zero attached hydrogens (tertiary/aromatic N) is 1. The SMILES string of the molecule is CCCCCN1CC(CC(C)C)NCC1C. The van der Waals surface area contributed by atoms with Crippen molar-refractivity contribution in [3.05, 3.63) is 0 Å². The molecule has 0 amide bonds. The predicted molar refractivity (Wildman–Crippen MR) is 71.8 cm³/mol. The molecule has 96 valence electrons. The monoisotopic (exact) mass is 226 g/mol. The standard InChI is InChI=1S/C14H30N2/c1-5-6-7-8-16-11-14(9-12(2)3)15-10-13(16)4/h12-15H,5-11H2,1-4H3. The lowest BCUT2D eigenvalue weighted by atomic mass is 10.00. The summed E-state index contributed by atoms with van der Waals surface area (Å²) in [7, 11) is 0. The Kier molecular flexibility index (Phi) is 6.37. The van der Waals surface area contributed by atoms with Gasteiger partial charge in [0, 0.05) is 25.2 Å². The van der Waals surface area contributed by atoms with Crippen molar-refractivity contribution in [2.45, 2.75) is 65.5 Å². The highest BCUT2D eigenvalue weighted by molar-refractivity contribution is 4.84. The van der Waals surface area contributed by atoms with Crippen LogP contribution in [0.3, 0.4) is 0 Å². The Labute approximate surface area is 102 Å². The number of hydrogen-bond acceptors (Lipinski definition) is 2. The van der Waals surface area contributed by atoms with E-state index in [1.165, 1.54) is 45.3 Å². The van der Waals surface area contributed by atoms with E-state index in [-0.39, 0.29) is 0 Å². The third kappa shape index (κ3) is 4.84. The van der Waals surface area contributed by atoms with E-state index in [0.29, 0.717) is 0 Å². The lowest BCUT2D eigenvalue weighted by Gasteiger charge is -2.39. The van der Waals surface area contributed by atoms with Crippen LogP contribution in [0.25, 0.3) is 0 Å². The number of piperazine rings is 1. The van der Waals surface area contributed by atoms with Crippen LogP contribution in [0.2, 0.25) is 0 Å². The molecule has 2 heteroatoms. The second-order valence-corrected chi connectivity index (χ2v) is 5.79. The van der Waals surface area contributed by atoms with Crippen LogP contribution in [-0.2, 0) is 0 Å². The van der Waals surface area contributed by atoms with Gasteiger partial charge in [-0.05, 0) is 32.2 Å². The summed E-state index contributed by atoms with van der Waals surface area (Å²) in [6.45, 7) is 13.0. The highest BCUT2D eigenvalue weighted by Gasteiger charge is 2.24. The first-order chi connectivity index (χ1) is 7.63. The van der Waals surface area contributed by atoms with Gasteiger partial charge in [-0.2, -0.15) is 0 Å². The Bertz CT molecular complexity index is 180. The van der Waals surface area contributed by atoms with Crippen molar-refractivity contribution in [3.63, 3.8) is 0 Å². The zero-order valence-electron chi connectivity index (χ0n) is 11.6. The third-order valence-electron chi connectivity index (χ3n) is 3.58. The Morgan fingerprint density at radius 2 is 2.06 bits per heavy atom. The molecule has 2 atom stereocenters. The molecule has 1 aliphatic rings. The van der Waals surface area contributed by atoms with Crippen LogP contribution in [-0.4, -0.2) is 36.6 Å². The number of hydrogen-bond donors (Lipinski definition) is 1. The maximum absolute atomic E-state index is 3.68. The fraction of sp³-hybridized carbons (Fsp3) is 1.00. The van der Waals surface area contributed by atoms with Gasteiger partial charge in [-0.3, -0.25) is 4.90 Å². The van der Waals surface area contributed by atoms with E-state index in [1.54, 1.807) is 0 Å². The quantitative estimate of drug-likeness (QED) is 0.701. The molecule has 0 saturated carbocycles. The molecule has 1 N–H and O–H groups in total. The Balaban J connectivity index is 2.30. The Morgan fingerprint density at radius 3 is 2.69 bits per heavy atom. The highest BCUT2D eigenvalue weighted by Crippen LogP contribution is 2.14. The smallest absolute Gasteiger partial charge is 0.0198 e. The molecule has 2 nitrogen and oxygen atoms in total. The van der Waals surface area contributed by atoms with Crippen LogP contribution in [0, 0.1) is 5.92 Å². The molecule has 1 rings (SSSR count). The topological polar surface area (TPSA) is 15.3 Å². The van der Waals surface area contributed by atoms with Gasteiger partial charge in [0.05, 0.1) is 0 Å². The molecule has 0 bridgehead atoms. The fourth-order valence-corrected chi connectivity index (χ4v) is 2.60. The minimum absolute atomic E-state index is 0.720. The molecule has 0 aromatic carbocycles. The summed E-state index contributed by atoms with van der Waals surface area (Å²) in [5, 5.41) is 3.68. The molecule has 0 radical (unpaired) electrons. The van der Waals surface area contributed by atoms with Gasteiger partial charge in [-0.25, -0.2) is 0 Å². The Morgan fingerprint density at radius 1 is 1.31 bits per heavy atom. The Hall–Kier alpha value is -0.0800. The summed E-state index contributed by atoms with van der Waals surface area (Å²) in [5.41, 5.74) is 0. The van der Waals surface area contributed by atoms with Crippen LogP contribution >= 0.6 is 0 Å². The van der Waals surface area contributed by atoms with E-state index in [1.807, 2.05) is 0 Å². The van der Waals surface area contributed by atoms with E-state index in [4.69, 9.17) is 0 Å². The minimum Gasteiger partial charge on any atom is -0.311 e. The lowest BCUT2D eigenvalue weighted by molar-refractivity contribution is 0.130. The molecule has 1 heterocycles. The molecule has 0 aromatic rings. The fourth-order valence-electron chi connectivity index (χ4n) is 2.60. The van der Waals surface area contributed by atoms with E-state index in [2.05, 4.69) is 37.9 Å². The van der Waals surface area contributed by atoms with Gasteiger partial charge < -0.3 is 5.32 Å². The summed E-state index contributed by atoms with van der Waals surface area (Å²) >= 11 is 0. The number of nitrogens with one attached hydrogen (secondary N) is 1. The molecular weight excluding hydrogens is 196 g/mol. The van der Waals surface area contributed by atoms with E-state index in [0.717, 1.165) is 18.0 Å². The van der Waals surface area contributed by atoms with Crippen molar-refractivity contribution < 1.29 is 0 Å². The van der Waals surface area contributed by atoms with E-state index >= 15 is 0 Å². The molecule has 1 aliphatic heterocycles. The van der Waals surface area contributed by atoms with Gasteiger partial charge in [0.15, 0.2) is 0 Å². The van der Waals surface area contributed by atoms with Crippen LogP contribution in [0.5, 0.6) is 0 Å². The first-order valence-electron chi connectivity index (χ1n) is 7.11. The van der Waals surface area contributed by atoms with Gasteiger partial charge in [-0.1, -0.05) is 33.6 Å². The van der Waals surface area contributed by atoms with Crippen molar-refractivity contribution in [3.8, 4) is 0 Å². The minimum atomic E-state index is 0.720. The first-order valence-corrected chi connectivity index (χ1v) is 7.11. The molecule has 0 aliphatic carbocycles. The van der Waals surface area contributed by atoms with Gasteiger partial charge in [-0.15, -0.1) is 0 Å². The van der Waals surface area contributed by atoms with Gasteiger partial charge in [0.2, 0.25) is 0 Å². The van der Waals surface area contributed by atoms with Crippen LogP contribution in [0.15, 0.2) is 0 Å². The summed E-state index contributed by atoms with van der Waals surface area (Å²) in [5.74, 6) is 0.809. The summed E-state index contributed by atoms with van der Waals surface area (Å²) in [4.78, 5) is 2.68. The molecule has 16 heavy (non-hydrogen) atoms. The van der Waals surface area contributed by atoms with Gasteiger partial charge >= 0.3 is 0 Å². The lowest BCUT2D eigenvalue weighted by Crippen LogP contribution is -2.55. The zero-order chi connectivity index (χ0) is 12.0. The normalized spacial score (nSPS) is 27.6. The average Bonchev–Trinajstić information content (AvgIpc) is 2.22. The highest BCUT2D eigenvalue weighted by atomic mass is 15.2. The maximum Gasteiger partial charge on any atom is 0.0198 e. The van der Waals surface area contributed by atoms with E-state index in [9.17, 15) is 0 Å². The zero-order valence-corrected chi connectivity index (χ0v) is 11.6. The first kappa shape index (κ1) is 14.0. The van der Waals surface area contributed by atoms with Crippen molar-refractivity contribution in [2.24, 2.45) is 5.92 Å². The molecule has 0 aromatic heterocycles. The molecule has 1 fully saturated rings. The van der Waals surface area contributed by atoms with Crippen molar-refractivity contribution in [1.82, 2.24) is 10.2 Å². The van der Waals surface area contributed by atoms with E-state index < -0.39 is 0 Å². The summed E-state index contributed by atoms with van der Waals surface area (Å²) in [6.07, 6.45) is 5.40. The third-order valence-corrected chi connectivity index (χ3v) is 3.58. The van der Waals surface area contributed by atoms with Crippen molar-refractivity contribution in [1.29, 1.82) is 0 Å². The second kappa shape index (κ2) is 7.29. The van der Waals surface area contributed by atoms with Crippen LogP contribution in [0.4, 0.5) is 0 Å². The second-order valence-electron chi connectivity index (χ2n) is 5.79. The molecule has 1 saturated heterocycles. The summed E-state index contributed by atoms with van der Waals surface area (Å²) < 4.78 is 0. The maximum atomic E-state index is 3.68. The number of rotatable bonds is 6. The average molecular weight is 226 g/mol. The van der Waals surface area contributed by atoms with Gasteiger partial charge in [0.1, 0.15) is 0 Å². The molecular formula is C14H30N2. The summed E-state index contributed by atoms with van der Waals surface area (Å²) in [6, 6.07) is 1.44. The van der Waals surface area contributed by atoms with Crippen molar-refractivity contribution >= 4 is 0 Å².